The molecule has 2 aliphatic heterocycles. The van der Waals surface area contributed by atoms with Gasteiger partial charge < -0.3 is 29.3 Å². The molecule has 0 aromatic rings. The predicted molar refractivity (Wildman–Crippen MR) is 139 cm³/mol. The quantitative estimate of drug-likeness (QED) is 0.421. The van der Waals surface area contributed by atoms with Crippen LogP contribution in [0.5, 0.6) is 0 Å². The van der Waals surface area contributed by atoms with Gasteiger partial charge >= 0.3 is 5.97 Å². The van der Waals surface area contributed by atoms with Crippen LogP contribution in [0.4, 0.5) is 0 Å². The zero-order valence-electron chi connectivity index (χ0n) is 23.8. The van der Waals surface area contributed by atoms with Gasteiger partial charge in [0.05, 0.1) is 12.2 Å². The summed E-state index contributed by atoms with van der Waals surface area (Å²) >= 11 is 0. The number of esters is 1. The molecule has 0 spiro atoms. The first-order valence-corrected chi connectivity index (χ1v) is 13.5. The standard InChI is InChI=1S/C28H47NO8/c1-10-22-28(7,34)12-11-21(30)15(2)13-16(3)25(18(5)23(31)19(6)26(33)36-22)37-27-24(32)20(29(8)9)14-17(4)35-27/h11-12,15-20,22,24-25,27,32,34H,10,13-14H2,1-9H3/t15-,16+,17-,18+,19-,20+,22?,24-,25+,27+,28+/m1/s1. The van der Waals surface area contributed by atoms with E-state index >= 15 is 0 Å². The van der Waals surface area contributed by atoms with Crippen LogP contribution in [0, 0.1) is 23.7 Å². The second-order valence-corrected chi connectivity index (χ2v) is 11.5. The highest BCUT2D eigenvalue weighted by Crippen LogP contribution is 2.32. The molecule has 2 heterocycles. The highest BCUT2D eigenvalue weighted by molar-refractivity contribution is 6.00. The summed E-state index contributed by atoms with van der Waals surface area (Å²) in [6.07, 6.45) is 0.318. The molecule has 0 bridgehead atoms. The topological polar surface area (TPSA) is 123 Å². The number of likely N-dealkylation sites (N-methyl/N-ethyl adjacent to an activating group) is 1. The molecular weight excluding hydrogens is 478 g/mol. The van der Waals surface area contributed by atoms with E-state index in [2.05, 4.69) is 0 Å². The average Bonchev–Trinajstić information content (AvgIpc) is 2.83. The minimum atomic E-state index is -1.57. The molecular formula is C28H47NO8. The Balaban J connectivity index is 2.44. The number of nitrogens with zero attached hydrogens (tertiary/aromatic N) is 1. The van der Waals surface area contributed by atoms with Crippen molar-refractivity contribution in [3.63, 3.8) is 0 Å². The fraction of sp³-hybridized carbons (Fsp3) is 0.821. The van der Waals surface area contributed by atoms with Crippen molar-refractivity contribution in [2.45, 2.75) is 110 Å². The van der Waals surface area contributed by atoms with Crippen LogP contribution in [0.15, 0.2) is 12.2 Å². The third kappa shape index (κ3) is 7.69. The summed E-state index contributed by atoms with van der Waals surface area (Å²) in [6, 6.07) is -0.188. The van der Waals surface area contributed by atoms with Gasteiger partial charge in [-0.3, -0.25) is 14.4 Å². The molecule has 37 heavy (non-hydrogen) atoms. The molecule has 0 amide bonds. The lowest BCUT2D eigenvalue weighted by Gasteiger charge is -2.43. The first-order valence-electron chi connectivity index (χ1n) is 13.5. The highest BCUT2D eigenvalue weighted by atomic mass is 16.7. The number of ketones is 2. The first-order chi connectivity index (χ1) is 17.1. The maximum absolute atomic E-state index is 13.5. The van der Waals surface area contributed by atoms with Gasteiger partial charge in [-0.1, -0.05) is 27.7 Å². The number of carbonyl (C=O) groups excluding carboxylic acids is 3. The summed E-state index contributed by atoms with van der Waals surface area (Å²) in [5.74, 6) is -3.83. The Morgan fingerprint density at radius 3 is 2.30 bits per heavy atom. The van der Waals surface area contributed by atoms with Crippen LogP contribution in [-0.4, -0.2) is 89.1 Å². The van der Waals surface area contributed by atoms with Gasteiger partial charge in [-0.25, -0.2) is 0 Å². The summed E-state index contributed by atoms with van der Waals surface area (Å²) in [4.78, 5) is 41.3. The molecule has 2 aliphatic rings. The van der Waals surface area contributed by atoms with Gasteiger partial charge in [-0.2, -0.15) is 0 Å². The van der Waals surface area contributed by atoms with Crippen LogP contribution in [0.25, 0.3) is 0 Å². The fourth-order valence-electron chi connectivity index (χ4n) is 5.42. The van der Waals surface area contributed by atoms with E-state index in [0.29, 0.717) is 19.3 Å². The molecule has 0 aromatic carbocycles. The monoisotopic (exact) mass is 525 g/mol. The summed E-state index contributed by atoms with van der Waals surface area (Å²) in [5.41, 5.74) is -1.57. The first kappa shape index (κ1) is 31.6. The van der Waals surface area contributed by atoms with Gasteiger partial charge in [0.2, 0.25) is 0 Å². The number of Topliss-reactive ketones (excluding diaryl/α,β-unsaturated/α-hetero) is 1. The molecule has 0 radical (unpaired) electrons. The molecule has 0 aromatic heterocycles. The number of hydrogen-bond acceptors (Lipinski definition) is 9. The Labute approximate surface area is 221 Å². The number of hydrogen-bond donors (Lipinski definition) is 2. The van der Waals surface area contributed by atoms with E-state index in [4.69, 9.17) is 14.2 Å². The molecule has 212 valence electrons. The number of cyclic esters (lactones) is 1. The van der Waals surface area contributed by atoms with Crippen LogP contribution in [0.2, 0.25) is 0 Å². The average molecular weight is 526 g/mol. The third-order valence-corrected chi connectivity index (χ3v) is 7.93. The van der Waals surface area contributed by atoms with Gasteiger partial charge in [-0.05, 0) is 72.2 Å². The summed E-state index contributed by atoms with van der Waals surface area (Å²) in [5, 5.41) is 21.9. The maximum atomic E-state index is 13.5. The van der Waals surface area contributed by atoms with Crippen molar-refractivity contribution in [2.75, 3.05) is 14.1 Å². The molecule has 0 aliphatic carbocycles. The molecule has 1 saturated heterocycles. The smallest absolute Gasteiger partial charge is 0.316 e. The maximum Gasteiger partial charge on any atom is 0.316 e. The van der Waals surface area contributed by atoms with Crippen LogP contribution in [0.3, 0.4) is 0 Å². The zero-order valence-corrected chi connectivity index (χ0v) is 23.8. The Hall–Kier alpha value is -1.65. The SMILES string of the molecule is CCC1OC(=O)[C@H](C)C(=O)[C@H](C)[C@@H](O[C@@H]2O[C@H](C)C[C@H](N(C)C)[C@H]2O)[C@@H](C)C[C@@H](C)C(=O)C=C[C@]1(C)O. The van der Waals surface area contributed by atoms with E-state index in [1.54, 1.807) is 20.8 Å². The molecule has 9 nitrogen and oxygen atoms in total. The molecule has 0 saturated carbocycles. The van der Waals surface area contributed by atoms with Gasteiger partial charge in [0.15, 0.2) is 17.9 Å². The van der Waals surface area contributed by atoms with Crippen molar-refractivity contribution in [3.05, 3.63) is 12.2 Å². The van der Waals surface area contributed by atoms with Crippen molar-refractivity contribution in [2.24, 2.45) is 23.7 Å². The lowest BCUT2D eigenvalue weighted by molar-refractivity contribution is -0.278. The Morgan fingerprint density at radius 2 is 1.73 bits per heavy atom. The summed E-state index contributed by atoms with van der Waals surface area (Å²) in [6.45, 7) is 12.0. The number of rotatable bonds is 4. The van der Waals surface area contributed by atoms with E-state index in [-0.39, 0.29) is 29.6 Å². The van der Waals surface area contributed by atoms with Crippen LogP contribution < -0.4 is 0 Å². The normalized spacial score (nSPS) is 43.0. The number of ether oxygens (including phenoxy) is 3. The van der Waals surface area contributed by atoms with Gasteiger partial charge in [-0.15, -0.1) is 0 Å². The van der Waals surface area contributed by atoms with Crippen molar-refractivity contribution < 1.29 is 38.8 Å². The minimum absolute atomic E-state index is 0.168. The number of aliphatic hydroxyl groups is 2. The number of aliphatic hydroxyl groups excluding tert-OH is 1. The lowest BCUT2D eigenvalue weighted by Crippen LogP contribution is -2.56. The molecule has 1 fully saturated rings. The summed E-state index contributed by atoms with van der Waals surface area (Å²) in [7, 11) is 3.77. The van der Waals surface area contributed by atoms with E-state index < -0.39 is 53.9 Å². The van der Waals surface area contributed by atoms with Crippen molar-refractivity contribution in [1.29, 1.82) is 0 Å². The minimum Gasteiger partial charge on any atom is -0.458 e. The summed E-state index contributed by atoms with van der Waals surface area (Å²) < 4.78 is 17.9. The van der Waals surface area contributed by atoms with Crippen LogP contribution in [-0.2, 0) is 28.6 Å². The van der Waals surface area contributed by atoms with Gasteiger partial charge in [0.25, 0.3) is 0 Å². The molecule has 1 unspecified atom stereocenters. The number of allylic oxidation sites excluding steroid dienone is 1. The van der Waals surface area contributed by atoms with Crippen molar-refractivity contribution in [3.8, 4) is 0 Å². The zero-order chi connectivity index (χ0) is 28.2. The second-order valence-electron chi connectivity index (χ2n) is 11.5. The Morgan fingerprint density at radius 1 is 1.11 bits per heavy atom. The molecule has 2 N–H and O–H groups in total. The molecule has 11 atom stereocenters. The highest BCUT2D eigenvalue weighted by Gasteiger charge is 2.44. The largest absolute Gasteiger partial charge is 0.458 e. The van der Waals surface area contributed by atoms with Gasteiger partial charge in [0, 0.05) is 17.9 Å². The Kier molecular flexibility index (Phi) is 11.0. The van der Waals surface area contributed by atoms with Crippen molar-refractivity contribution >= 4 is 17.5 Å². The van der Waals surface area contributed by atoms with E-state index in [0.717, 1.165) is 0 Å². The number of carbonyl (C=O) groups is 3. The second kappa shape index (κ2) is 12.9. The third-order valence-electron chi connectivity index (χ3n) is 7.93. The fourth-order valence-corrected chi connectivity index (χ4v) is 5.42. The van der Waals surface area contributed by atoms with E-state index in [1.807, 2.05) is 32.8 Å². The van der Waals surface area contributed by atoms with E-state index in [1.165, 1.54) is 26.0 Å². The molecule has 9 heteroatoms. The van der Waals surface area contributed by atoms with Crippen LogP contribution >= 0.6 is 0 Å². The van der Waals surface area contributed by atoms with Crippen LogP contribution in [0.1, 0.15) is 67.7 Å². The van der Waals surface area contributed by atoms with Crippen molar-refractivity contribution in [1.82, 2.24) is 4.90 Å². The predicted octanol–water partition coefficient (Wildman–Crippen LogP) is 2.51. The van der Waals surface area contributed by atoms with E-state index in [9.17, 15) is 24.6 Å². The lowest BCUT2D eigenvalue weighted by atomic mass is 9.80. The Bertz CT molecular complexity index is 840. The van der Waals surface area contributed by atoms with Gasteiger partial charge in [0.1, 0.15) is 23.7 Å². The molecule has 2 rings (SSSR count).